The van der Waals surface area contributed by atoms with Crippen molar-refractivity contribution in [1.29, 1.82) is 0 Å². The molecule has 0 spiro atoms. The maximum atomic E-state index is 12.9. The molecular weight excluding hydrogens is 901 g/mol. The Morgan fingerprint density at radius 2 is 0.534 bits per heavy atom. The van der Waals surface area contributed by atoms with Crippen molar-refractivity contribution in [3.63, 3.8) is 0 Å². The summed E-state index contributed by atoms with van der Waals surface area (Å²) in [5, 5.41) is 0. The number of ether oxygens (including phenoxy) is 3. The fourth-order valence-electron chi connectivity index (χ4n) is 7.72. The van der Waals surface area contributed by atoms with Gasteiger partial charge >= 0.3 is 17.9 Å². The highest BCUT2D eigenvalue weighted by atomic mass is 16.6. The van der Waals surface area contributed by atoms with Crippen molar-refractivity contribution in [1.82, 2.24) is 0 Å². The van der Waals surface area contributed by atoms with Crippen molar-refractivity contribution < 1.29 is 28.6 Å². The average Bonchev–Trinajstić information content (AvgIpc) is 3.39. The Morgan fingerprint density at radius 1 is 0.288 bits per heavy atom. The lowest BCUT2D eigenvalue weighted by atomic mass is 10.1. The predicted molar refractivity (Wildman–Crippen MR) is 316 cm³/mol. The minimum absolute atomic E-state index is 0.105. The summed E-state index contributed by atoms with van der Waals surface area (Å²) in [5.74, 6) is -0.964. The van der Waals surface area contributed by atoms with Gasteiger partial charge in [-0.2, -0.15) is 0 Å². The first-order valence-corrected chi connectivity index (χ1v) is 29.7. The number of unbranched alkanes of at least 4 members (excludes halogenated alkanes) is 19. The Bertz CT molecular complexity index is 1580. The number of hydrogen-bond donors (Lipinski definition) is 0. The summed E-state index contributed by atoms with van der Waals surface area (Å²) in [6.07, 6.45) is 84.5. The Morgan fingerprint density at radius 3 is 0.863 bits per heavy atom. The van der Waals surface area contributed by atoms with Crippen molar-refractivity contribution in [2.24, 2.45) is 0 Å². The topological polar surface area (TPSA) is 78.9 Å². The summed E-state index contributed by atoms with van der Waals surface area (Å²) >= 11 is 0. The van der Waals surface area contributed by atoms with Crippen LogP contribution in [0.3, 0.4) is 0 Å². The predicted octanol–water partition coefficient (Wildman–Crippen LogP) is 20.2. The molecule has 0 saturated carbocycles. The first-order valence-electron chi connectivity index (χ1n) is 29.7. The second kappa shape index (κ2) is 60.1. The van der Waals surface area contributed by atoms with Crippen molar-refractivity contribution in [3.8, 4) is 0 Å². The van der Waals surface area contributed by atoms with Gasteiger partial charge in [0, 0.05) is 19.3 Å². The summed E-state index contributed by atoms with van der Waals surface area (Å²) in [7, 11) is 0. The third-order valence-corrected chi connectivity index (χ3v) is 12.1. The van der Waals surface area contributed by atoms with E-state index in [4.69, 9.17) is 14.2 Å². The standard InChI is InChI=1S/C67H108O6/c1-4-7-10-13-16-19-22-25-27-28-29-30-31-32-33-34-35-36-37-38-40-42-45-48-51-54-57-60-66(69)72-63-64(62-71-65(68)59-56-53-50-47-44-41-24-21-18-15-12-9-6-3)73-67(70)61-58-55-52-49-46-43-39-26-23-20-17-14-11-8-5-2/h7,9-10,12,16,18-19,21,25-27,29-30,32-33,35-36,38-41,44,64H,4-6,8,11,13-15,17,20,22-24,28,31,34,37,42-43,45-63H2,1-3H3/b10-7-,12-9-,19-16-,21-18-,27-25-,30-29-,33-32-,36-35-,39-26-,40-38-,44-41-. The van der Waals surface area contributed by atoms with Gasteiger partial charge in [-0.05, 0) is 135 Å². The largest absolute Gasteiger partial charge is 0.462 e. The van der Waals surface area contributed by atoms with Gasteiger partial charge < -0.3 is 14.2 Å². The van der Waals surface area contributed by atoms with Gasteiger partial charge in [0.25, 0.3) is 0 Å². The minimum Gasteiger partial charge on any atom is -0.462 e. The summed E-state index contributed by atoms with van der Waals surface area (Å²) in [4.78, 5) is 38.2. The highest BCUT2D eigenvalue weighted by molar-refractivity contribution is 5.71. The van der Waals surface area contributed by atoms with E-state index in [1.54, 1.807) is 0 Å². The van der Waals surface area contributed by atoms with Crippen LogP contribution in [0.4, 0.5) is 0 Å². The summed E-state index contributed by atoms with van der Waals surface area (Å²) in [6.45, 7) is 6.35. The summed E-state index contributed by atoms with van der Waals surface area (Å²) in [5.41, 5.74) is 0. The molecule has 6 nitrogen and oxygen atoms in total. The second-order valence-electron chi connectivity index (χ2n) is 19.1. The number of hydrogen-bond acceptors (Lipinski definition) is 6. The van der Waals surface area contributed by atoms with Crippen LogP contribution in [-0.4, -0.2) is 37.2 Å². The molecule has 0 heterocycles. The lowest BCUT2D eigenvalue weighted by Crippen LogP contribution is -2.30. The van der Waals surface area contributed by atoms with Crippen LogP contribution in [0, 0.1) is 0 Å². The molecule has 6 heteroatoms. The zero-order chi connectivity index (χ0) is 52.9. The van der Waals surface area contributed by atoms with Gasteiger partial charge in [0.2, 0.25) is 0 Å². The van der Waals surface area contributed by atoms with E-state index in [9.17, 15) is 14.4 Å². The van der Waals surface area contributed by atoms with Crippen molar-refractivity contribution in [2.75, 3.05) is 13.2 Å². The molecule has 1 unspecified atom stereocenters. The van der Waals surface area contributed by atoms with Gasteiger partial charge in [-0.15, -0.1) is 0 Å². The first-order chi connectivity index (χ1) is 36.0. The molecule has 0 aromatic carbocycles. The zero-order valence-electron chi connectivity index (χ0n) is 47.1. The molecule has 73 heavy (non-hydrogen) atoms. The molecule has 0 aliphatic rings. The van der Waals surface area contributed by atoms with E-state index in [1.807, 2.05) is 0 Å². The third kappa shape index (κ3) is 58.3. The van der Waals surface area contributed by atoms with Gasteiger partial charge in [-0.3, -0.25) is 14.4 Å². The molecule has 412 valence electrons. The Balaban J connectivity index is 4.41. The third-order valence-electron chi connectivity index (χ3n) is 12.1. The molecule has 0 amide bonds. The molecule has 0 aromatic rings. The van der Waals surface area contributed by atoms with E-state index in [1.165, 1.54) is 51.4 Å². The van der Waals surface area contributed by atoms with E-state index in [0.29, 0.717) is 19.3 Å². The van der Waals surface area contributed by atoms with Crippen molar-refractivity contribution >= 4 is 17.9 Å². The van der Waals surface area contributed by atoms with E-state index in [2.05, 4.69) is 154 Å². The quantitative estimate of drug-likeness (QED) is 0.0261. The second-order valence-corrected chi connectivity index (χ2v) is 19.1. The van der Waals surface area contributed by atoms with Gasteiger partial charge in [-0.1, -0.05) is 231 Å². The smallest absolute Gasteiger partial charge is 0.306 e. The molecule has 0 rings (SSSR count). The van der Waals surface area contributed by atoms with E-state index >= 15 is 0 Å². The molecular formula is C67H108O6. The summed E-state index contributed by atoms with van der Waals surface area (Å²) in [6, 6.07) is 0. The number of allylic oxidation sites excluding steroid dienone is 22. The molecule has 0 radical (unpaired) electrons. The molecule has 0 saturated heterocycles. The van der Waals surface area contributed by atoms with Crippen LogP contribution in [-0.2, 0) is 28.6 Å². The Hall–Kier alpha value is -4.45. The van der Waals surface area contributed by atoms with Crippen LogP contribution < -0.4 is 0 Å². The SMILES string of the molecule is CC/C=C\C/C=C\C/C=C\C/C=C\C/C=C\C/C=C\C/C=C\CCCCCCCC(=O)OCC(COC(=O)CCCCC/C=C\C/C=C\C/C=C\CC)OC(=O)CCCCCCC/C=C\CCCCCCCC. The Kier molecular flexibility index (Phi) is 56.4. The summed E-state index contributed by atoms with van der Waals surface area (Å²) < 4.78 is 16.8. The monoisotopic (exact) mass is 1010 g/mol. The van der Waals surface area contributed by atoms with Crippen LogP contribution in [0.15, 0.2) is 134 Å². The highest BCUT2D eigenvalue weighted by Crippen LogP contribution is 2.13. The number of carbonyl (C=O) groups is 3. The van der Waals surface area contributed by atoms with Gasteiger partial charge in [0.15, 0.2) is 6.10 Å². The number of rotatable bonds is 52. The fourth-order valence-corrected chi connectivity index (χ4v) is 7.72. The van der Waals surface area contributed by atoms with Crippen LogP contribution in [0.1, 0.15) is 252 Å². The molecule has 1 atom stereocenters. The Labute approximate surface area is 449 Å². The molecule has 0 N–H and O–H groups in total. The minimum atomic E-state index is -0.808. The fraction of sp³-hybridized carbons (Fsp3) is 0.627. The normalized spacial score (nSPS) is 13.1. The molecule has 0 bridgehead atoms. The van der Waals surface area contributed by atoms with Crippen LogP contribution >= 0.6 is 0 Å². The lowest BCUT2D eigenvalue weighted by Gasteiger charge is -2.18. The van der Waals surface area contributed by atoms with Crippen LogP contribution in [0.5, 0.6) is 0 Å². The van der Waals surface area contributed by atoms with Gasteiger partial charge in [-0.25, -0.2) is 0 Å². The van der Waals surface area contributed by atoms with Crippen molar-refractivity contribution in [2.45, 2.75) is 258 Å². The van der Waals surface area contributed by atoms with E-state index in [0.717, 1.165) is 161 Å². The molecule has 0 aliphatic carbocycles. The number of esters is 3. The zero-order valence-corrected chi connectivity index (χ0v) is 47.1. The average molecular weight is 1010 g/mol. The molecule has 0 aliphatic heterocycles. The van der Waals surface area contributed by atoms with Crippen LogP contribution in [0.25, 0.3) is 0 Å². The van der Waals surface area contributed by atoms with Crippen molar-refractivity contribution in [3.05, 3.63) is 134 Å². The maximum absolute atomic E-state index is 12.9. The van der Waals surface area contributed by atoms with Gasteiger partial charge in [0.1, 0.15) is 13.2 Å². The lowest BCUT2D eigenvalue weighted by molar-refractivity contribution is -0.167. The highest BCUT2D eigenvalue weighted by Gasteiger charge is 2.19. The molecule has 0 aromatic heterocycles. The van der Waals surface area contributed by atoms with E-state index < -0.39 is 6.10 Å². The first kappa shape index (κ1) is 68.6. The van der Waals surface area contributed by atoms with E-state index in [-0.39, 0.29) is 31.1 Å². The van der Waals surface area contributed by atoms with Crippen LogP contribution in [0.2, 0.25) is 0 Å². The van der Waals surface area contributed by atoms with Gasteiger partial charge in [0.05, 0.1) is 0 Å². The maximum Gasteiger partial charge on any atom is 0.306 e. The number of carbonyl (C=O) groups excluding carboxylic acids is 3. The molecule has 0 fully saturated rings.